The minimum atomic E-state index is -2.55. The van der Waals surface area contributed by atoms with Crippen molar-refractivity contribution in [3.05, 3.63) is 96.6 Å². The lowest BCUT2D eigenvalue weighted by atomic mass is 10.0. The smallest absolute Gasteiger partial charge is 0.416 e. The summed E-state index contributed by atoms with van der Waals surface area (Å²) in [6, 6.07) is 30.6. The van der Waals surface area contributed by atoms with Gasteiger partial charge in [-0.25, -0.2) is 9.69 Å². The van der Waals surface area contributed by atoms with Crippen LogP contribution in [0.25, 0.3) is 0 Å². The number of cyclic esters (lactones) is 1. The van der Waals surface area contributed by atoms with E-state index in [2.05, 4.69) is 69.3 Å². The van der Waals surface area contributed by atoms with Crippen LogP contribution in [0, 0.1) is 0 Å². The fourth-order valence-electron chi connectivity index (χ4n) is 5.85. The van der Waals surface area contributed by atoms with Gasteiger partial charge in [0, 0.05) is 6.61 Å². The second kappa shape index (κ2) is 14.1. The average molecular weight is 574 g/mol. The van der Waals surface area contributed by atoms with Crippen molar-refractivity contribution in [2.75, 3.05) is 13.2 Å². The number of imide groups is 1. The summed E-state index contributed by atoms with van der Waals surface area (Å²) in [6.07, 6.45) is 2.05. The molecule has 3 aromatic carbocycles. The Morgan fingerprint density at radius 2 is 1.49 bits per heavy atom. The summed E-state index contributed by atoms with van der Waals surface area (Å²) >= 11 is 0. The van der Waals surface area contributed by atoms with Crippen LogP contribution in [0.1, 0.15) is 58.4 Å². The van der Waals surface area contributed by atoms with E-state index in [9.17, 15) is 14.7 Å². The molecule has 1 heterocycles. The Hall–Kier alpha value is -3.26. The van der Waals surface area contributed by atoms with Crippen molar-refractivity contribution in [1.82, 2.24) is 4.90 Å². The third-order valence-corrected chi connectivity index (χ3v) is 12.9. The number of amides is 2. The molecular formula is C34H43NO5Si. The lowest BCUT2D eigenvalue weighted by Crippen LogP contribution is -2.66. The fourth-order valence-corrected chi connectivity index (χ4v) is 10.5. The summed E-state index contributed by atoms with van der Waals surface area (Å²) in [7, 11) is -2.55. The van der Waals surface area contributed by atoms with Gasteiger partial charge in [0.15, 0.2) is 0 Å². The second-order valence-electron chi connectivity index (χ2n) is 11.9. The van der Waals surface area contributed by atoms with E-state index in [0.717, 1.165) is 24.8 Å². The van der Waals surface area contributed by atoms with Gasteiger partial charge in [0.1, 0.15) is 6.61 Å². The number of rotatable bonds is 13. The van der Waals surface area contributed by atoms with E-state index in [-0.39, 0.29) is 30.0 Å². The van der Waals surface area contributed by atoms with Gasteiger partial charge in [-0.05, 0) is 40.2 Å². The molecule has 0 saturated carbocycles. The third kappa shape index (κ3) is 7.53. The van der Waals surface area contributed by atoms with E-state index < -0.39 is 20.5 Å². The van der Waals surface area contributed by atoms with E-state index in [1.54, 1.807) is 0 Å². The highest BCUT2D eigenvalue weighted by molar-refractivity contribution is 6.99. The number of ether oxygens (including phenoxy) is 1. The summed E-state index contributed by atoms with van der Waals surface area (Å²) < 4.78 is 12.1. The van der Waals surface area contributed by atoms with E-state index in [1.165, 1.54) is 15.3 Å². The molecule has 1 saturated heterocycles. The fraction of sp³-hybridized carbons (Fsp3) is 0.412. The molecule has 1 aliphatic rings. The third-order valence-electron chi connectivity index (χ3n) is 7.87. The van der Waals surface area contributed by atoms with Crippen LogP contribution in [0.5, 0.6) is 0 Å². The largest absolute Gasteiger partial charge is 0.447 e. The van der Waals surface area contributed by atoms with Crippen LogP contribution in [0.4, 0.5) is 4.79 Å². The molecule has 218 valence electrons. The van der Waals surface area contributed by atoms with Gasteiger partial charge in [0.05, 0.1) is 18.6 Å². The van der Waals surface area contributed by atoms with Gasteiger partial charge in [-0.2, -0.15) is 0 Å². The van der Waals surface area contributed by atoms with Crippen molar-refractivity contribution in [3.63, 3.8) is 0 Å². The monoisotopic (exact) mass is 573 g/mol. The molecule has 4 rings (SSSR count). The van der Waals surface area contributed by atoms with Crippen molar-refractivity contribution in [2.45, 2.75) is 76.5 Å². The summed E-state index contributed by atoms with van der Waals surface area (Å²) in [4.78, 5) is 26.4. The molecule has 0 aromatic heterocycles. The topological polar surface area (TPSA) is 76.1 Å². The predicted molar refractivity (Wildman–Crippen MR) is 165 cm³/mol. The molecular weight excluding hydrogens is 530 g/mol. The van der Waals surface area contributed by atoms with Crippen LogP contribution in [0.2, 0.25) is 5.04 Å². The van der Waals surface area contributed by atoms with E-state index >= 15 is 0 Å². The molecule has 2 atom stereocenters. The highest BCUT2D eigenvalue weighted by atomic mass is 28.4. The molecule has 41 heavy (non-hydrogen) atoms. The lowest BCUT2D eigenvalue weighted by Gasteiger charge is -2.43. The maximum absolute atomic E-state index is 12.9. The second-order valence-corrected chi connectivity index (χ2v) is 16.2. The Morgan fingerprint density at radius 1 is 0.927 bits per heavy atom. The van der Waals surface area contributed by atoms with Crippen molar-refractivity contribution in [2.24, 2.45) is 0 Å². The molecule has 3 aromatic rings. The Balaban J connectivity index is 1.28. The van der Waals surface area contributed by atoms with Gasteiger partial charge in [0.2, 0.25) is 5.91 Å². The van der Waals surface area contributed by atoms with Crippen LogP contribution in [0.3, 0.4) is 0 Å². The normalized spacial score (nSPS) is 16.4. The zero-order valence-corrected chi connectivity index (χ0v) is 25.5. The van der Waals surface area contributed by atoms with Crippen LogP contribution in [0.15, 0.2) is 91.0 Å². The number of nitrogens with zero attached hydrogens (tertiary/aromatic N) is 1. The highest BCUT2D eigenvalue weighted by Crippen LogP contribution is 2.36. The number of aliphatic hydroxyl groups is 1. The number of carbonyl (C=O) groups excluding carboxylic acids is 2. The molecule has 2 amide bonds. The Bertz CT molecular complexity index is 1210. The molecule has 0 aliphatic carbocycles. The molecule has 0 unspecified atom stereocenters. The summed E-state index contributed by atoms with van der Waals surface area (Å²) in [5.74, 6) is -0.379. The molecule has 1 aliphatic heterocycles. The molecule has 0 bridgehead atoms. The summed E-state index contributed by atoms with van der Waals surface area (Å²) in [5, 5.41) is 13.1. The number of benzene rings is 3. The zero-order valence-electron chi connectivity index (χ0n) is 24.5. The zero-order chi connectivity index (χ0) is 29.3. The van der Waals surface area contributed by atoms with Crippen molar-refractivity contribution in [1.29, 1.82) is 0 Å². The lowest BCUT2D eigenvalue weighted by molar-refractivity contribution is -0.131. The van der Waals surface area contributed by atoms with Crippen LogP contribution in [-0.2, 0) is 20.4 Å². The van der Waals surface area contributed by atoms with Crippen molar-refractivity contribution >= 4 is 30.7 Å². The Morgan fingerprint density at radius 3 is 2.05 bits per heavy atom. The Labute approximate surface area is 245 Å². The maximum Gasteiger partial charge on any atom is 0.416 e. The maximum atomic E-state index is 12.9. The van der Waals surface area contributed by atoms with Crippen LogP contribution < -0.4 is 10.4 Å². The van der Waals surface area contributed by atoms with Crippen molar-refractivity contribution in [3.8, 4) is 0 Å². The SMILES string of the molecule is CC(C)(C)[Si](OCCCCC[C@@H](O)CC(=O)N1C(=O)OC[C@@H]1Cc1ccccc1)(c1ccccc1)c1ccccc1. The number of aliphatic hydroxyl groups excluding tert-OH is 1. The summed E-state index contributed by atoms with van der Waals surface area (Å²) in [5.41, 5.74) is 1.04. The minimum Gasteiger partial charge on any atom is -0.447 e. The number of carbonyl (C=O) groups is 2. The number of hydrogen-bond donors (Lipinski definition) is 1. The van der Waals surface area contributed by atoms with Gasteiger partial charge < -0.3 is 14.3 Å². The van der Waals surface area contributed by atoms with Gasteiger partial charge in [-0.3, -0.25) is 4.79 Å². The van der Waals surface area contributed by atoms with Gasteiger partial charge in [-0.1, -0.05) is 125 Å². The van der Waals surface area contributed by atoms with E-state index in [4.69, 9.17) is 9.16 Å². The molecule has 0 spiro atoms. The minimum absolute atomic E-state index is 0.0681. The first-order valence-electron chi connectivity index (χ1n) is 14.7. The van der Waals surface area contributed by atoms with Crippen LogP contribution in [-0.4, -0.2) is 55.7 Å². The number of hydrogen-bond acceptors (Lipinski definition) is 5. The highest BCUT2D eigenvalue weighted by Gasteiger charge is 2.50. The molecule has 1 N–H and O–H groups in total. The average Bonchev–Trinajstić information content (AvgIpc) is 3.33. The predicted octanol–water partition coefficient (Wildman–Crippen LogP) is 5.46. The van der Waals surface area contributed by atoms with E-state index in [0.29, 0.717) is 19.4 Å². The standard InChI is InChI=1S/C34H43NO5Si/c1-34(2,3)41(30-19-11-5-12-20-30,31-21-13-6-14-22-31)40-23-15-7-10-18-29(36)25-32(37)35-28(26-39-33(35)38)24-27-16-8-4-9-17-27/h4-6,8-9,11-14,16-17,19-22,28-29,36H,7,10,15,18,23-26H2,1-3H3/t28-,29+/m0/s1. The first-order chi connectivity index (χ1) is 19.7. The molecule has 1 fully saturated rings. The molecule has 0 radical (unpaired) electrons. The Kier molecular flexibility index (Phi) is 10.5. The quantitative estimate of drug-likeness (QED) is 0.217. The van der Waals surface area contributed by atoms with E-state index in [1.807, 2.05) is 42.5 Å². The summed E-state index contributed by atoms with van der Waals surface area (Å²) in [6.45, 7) is 7.62. The molecule has 7 heteroatoms. The molecule has 6 nitrogen and oxygen atoms in total. The van der Waals surface area contributed by atoms with Crippen LogP contribution >= 0.6 is 0 Å². The van der Waals surface area contributed by atoms with Gasteiger partial charge in [0.25, 0.3) is 8.32 Å². The van der Waals surface area contributed by atoms with Gasteiger partial charge in [-0.15, -0.1) is 0 Å². The first kappa shape index (κ1) is 30.7. The number of unbranched alkanes of at least 4 members (excludes halogenated alkanes) is 2. The first-order valence-corrected chi connectivity index (χ1v) is 16.6. The van der Waals surface area contributed by atoms with Crippen molar-refractivity contribution < 1.29 is 23.9 Å². The van der Waals surface area contributed by atoms with Gasteiger partial charge >= 0.3 is 6.09 Å².